The number of halogens is 1. The Labute approximate surface area is 114 Å². The number of aromatic nitrogens is 1. The van der Waals surface area contributed by atoms with Crippen LogP contribution in [-0.2, 0) is 4.74 Å². The van der Waals surface area contributed by atoms with Crippen molar-refractivity contribution in [3.05, 3.63) is 63.8 Å². The van der Waals surface area contributed by atoms with Crippen LogP contribution in [0.25, 0.3) is 11.1 Å². The summed E-state index contributed by atoms with van der Waals surface area (Å²) in [6, 6.07) is 9.72. The van der Waals surface area contributed by atoms with Gasteiger partial charge in [0.15, 0.2) is 0 Å². The molecule has 0 fully saturated rings. The molecule has 2 aromatic rings. The lowest BCUT2D eigenvalue weighted by Gasteiger charge is -2.03. The van der Waals surface area contributed by atoms with Crippen LogP contribution in [0.4, 0.5) is 0 Å². The van der Waals surface area contributed by atoms with Gasteiger partial charge in [-0.2, -0.15) is 0 Å². The lowest BCUT2D eigenvalue weighted by atomic mass is 10.0. The van der Waals surface area contributed by atoms with Gasteiger partial charge in [0.25, 0.3) is 0 Å². The van der Waals surface area contributed by atoms with Crippen LogP contribution in [0.5, 0.6) is 0 Å². The maximum Gasteiger partial charge on any atom is 0.122 e. The van der Waals surface area contributed by atoms with E-state index < -0.39 is 0 Å². The Kier molecular flexibility index (Phi) is 2.94. The monoisotopic (exact) mass is 275 g/mol. The summed E-state index contributed by atoms with van der Waals surface area (Å²) in [7, 11) is 0. The van der Waals surface area contributed by atoms with E-state index in [-0.39, 0.29) is 0 Å². The molecule has 0 atom stereocenters. The van der Waals surface area contributed by atoms with Gasteiger partial charge in [-0.05, 0) is 24.3 Å². The number of ether oxygens (including phenoxy) is 1. The van der Waals surface area contributed by atoms with Gasteiger partial charge in [0.1, 0.15) is 12.4 Å². The second-order valence-corrected chi connectivity index (χ2v) is 5.60. The molecule has 0 bridgehead atoms. The van der Waals surface area contributed by atoms with Gasteiger partial charge in [-0.25, -0.2) is 0 Å². The van der Waals surface area contributed by atoms with Crippen molar-refractivity contribution in [2.24, 2.45) is 0 Å². The van der Waals surface area contributed by atoms with E-state index in [2.05, 4.69) is 11.6 Å². The highest BCUT2D eigenvalue weighted by atomic mass is 35.5. The molecule has 3 heterocycles. The van der Waals surface area contributed by atoms with Crippen molar-refractivity contribution in [2.75, 3.05) is 6.61 Å². The normalized spacial score (nSPS) is 15.1. The highest BCUT2D eigenvalue weighted by Crippen LogP contribution is 2.40. The topological polar surface area (TPSA) is 22.1 Å². The Morgan fingerprint density at radius 3 is 2.83 bits per heavy atom. The number of rotatable bonds is 2. The fourth-order valence-corrected chi connectivity index (χ4v) is 3.03. The van der Waals surface area contributed by atoms with Gasteiger partial charge < -0.3 is 4.74 Å². The van der Waals surface area contributed by atoms with Gasteiger partial charge >= 0.3 is 0 Å². The molecule has 1 aliphatic heterocycles. The van der Waals surface area contributed by atoms with E-state index in [4.69, 9.17) is 16.3 Å². The summed E-state index contributed by atoms with van der Waals surface area (Å²) in [5.41, 5.74) is 2.98. The maximum absolute atomic E-state index is 5.99. The fraction of sp³-hybridized carbons (Fsp3) is 0.0714. The molecule has 3 rings (SSSR count). The van der Waals surface area contributed by atoms with Crippen LogP contribution in [0.3, 0.4) is 0 Å². The summed E-state index contributed by atoms with van der Waals surface area (Å²) in [5, 5.41) is 0. The predicted octanol–water partition coefficient (Wildman–Crippen LogP) is 4.25. The highest BCUT2D eigenvalue weighted by Gasteiger charge is 2.24. The SMILES string of the molecule is C=C1OCC(c2ccc(Cl)s2)=C1c1ccccn1. The summed E-state index contributed by atoms with van der Waals surface area (Å²) in [5.74, 6) is 0.674. The van der Waals surface area contributed by atoms with Crippen molar-refractivity contribution in [1.82, 2.24) is 4.98 Å². The summed E-state index contributed by atoms with van der Waals surface area (Å²) in [6.07, 6.45) is 1.77. The van der Waals surface area contributed by atoms with Crippen molar-refractivity contribution < 1.29 is 4.74 Å². The van der Waals surface area contributed by atoms with Gasteiger partial charge in [-0.15, -0.1) is 11.3 Å². The molecule has 0 unspecified atom stereocenters. The minimum absolute atomic E-state index is 0.529. The van der Waals surface area contributed by atoms with Gasteiger partial charge in [-0.3, -0.25) is 4.98 Å². The zero-order chi connectivity index (χ0) is 12.5. The number of nitrogens with zero attached hydrogens (tertiary/aromatic N) is 1. The number of hydrogen-bond acceptors (Lipinski definition) is 3. The smallest absolute Gasteiger partial charge is 0.122 e. The minimum atomic E-state index is 0.529. The van der Waals surface area contributed by atoms with E-state index in [0.29, 0.717) is 12.4 Å². The number of hydrogen-bond donors (Lipinski definition) is 0. The molecule has 0 aliphatic carbocycles. The molecule has 0 amide bonds. The van der Waals surface area contributed by atoms with Gasteiger partial charge in [0.05, 0.1) is 10.0 Å². The second-order valence-electron chi connectivity index (χ2n) is 3.88. The number of pyridine rings is 1. The zero-order valence-corrected chi connectivity index (χ0v) is 11.1. The summed E-state index contributed by atoms with van der Waals surface area (Å²) < 4.78 is 6.32. The van der Waals surface area contributed by atoms with Crippen molar-refractivity contribution in [2.45, 2.75) is 0 Å². The third-order valence-corrected chi connectivity index (χ3v) is 4.05. The first-order valence-corrected chi connectivity index (χ1v) is 6.67. The van der Waals surface area contributed by atoms with Crippen molar-refractivity contribution in [1.29, 1.82) is 0 Å². The molecule has 0 aromatic carbocycles. The van der Waals surface area contributed by atoms with E-state index in [1.807, 2.05) is 30.3 Å². The molecule has 0 radical (unpaired) electrons. The van der Waals surface area contributed by atoms with Gasteiger partial charge in [0.2, 0.25) is 0 Å². The third kappa shape index (κ3) is 1.96. The Hall–Kier alpha value is -1.58. The largest absolute Gasteiger partial charge is 0.489 e. The number of thiophene rings is 1. The first kappa shape index (κ1) is 11.5. The standard InChI is InChI=1S/C14H10ClNOS/c1-9-14(11-4-2-3-7-16-11)10(8-17-9)12-5-6-13(15)18-12/h2-7H,1,8H2. The molecular weight excluding hydrogens is 266 g/mol. The van der Waals surface area contributed by atoms with Crippen molar-refractivity contribution >= 4 is 34.1 Å². The first-order chi connectivity index (χ1) is 8.75. The van der Waals surface area contributed by atoms with Crippen LogP contribution in [0.2, 0.25) is 4.34 Å². The van der Waals surface area contributed by atoms with E-state index in [1.54, 1.807) is 17.5 Å². The molecule has 1 aliphatic rings. The Balaban J connectivity index is 2.15. The molecule has 0 N–H and O–H groups in total. The average molecular weight is 276 g/mol. The van der Waals surface area contributed by atoms with Crippen LogP contribution in [0.1, 0.15) is 10.6 Å². The fourth-order valence-electron chi connectivity index (χ4n) is 1.95. The molecule has 0 saturated carbocycles. The molecule has 0 saturated heterocycles. The van der Waals surface area contributed by atoms with Crippen LogP contribution >= 0.6 is 22.9 Å². The predicted molar refractivity (Wildman–Crippen MR) is 75.5 cm³/mol. The Morgan fingerprint density at radius 2 is 2.17 bits per heavy atom. The summed E-state index contributed by atoms with van der Waals surface area (Å²) >= 11 is 7.53. The van der Waals surface area contributed by atoms with Crippen molar-refractivity contribution in [3.63, 3.8) is 0 Å². The Bertz CT molecular complexity index is 630. The van der Waals surface area contributed by atoms with Crippen molar-refractivity contribution in [3.8, 4) is 0 Å². The molecule has 18 heavy (non-hydrogen) atoms. The lowest BCUT2D eigenvalue weighted by molar-refractivity contribution is 0.286. The van der Waals surface area contributed by atoms with Gasteiger partial charge in [0, 0.05) is 22.2 Å². The van der Waals surface area contributed by atoms with E-state index >= 15 is 0 Å². The summed E-state index contributed by atoms with van der Waals surface area (Å²) in [6.45, 7) is 4.48. The molecule has 2 aromatic heterocycles. The zero-order valence-electron chi connectivity index (χ0n) is 9.52. The van der Waals surface area contributed by atoms with E-state index in [1.165, 1.54) is 0 Å². The van der Waals surface area contributed by atoms with E-state index in [0.717, 1.165) is 26.1 Å². The van der Waals surface area contributed by atoms with Crippen LogP contribution in [0, 0.1) is 0 Å². The molecule has 2 nitrogen and oxygen atoms in total. The molecule has 4 heteroatoms. The van der Waals surface area contributed by atoms with E-state index in [9.17, 15) is 0 Å². The molecular formula is C14H10ClNOS. The van der Waals surface area contributed by atoms with Crippen LogP contribution < -0.4 is 0 Å². The summed E-state index contributed by atoms with van der Waals surface area (Å²) in [4.78, 5) is 5.48. The molecule has 0 spiro atoms. The average Bonchev–Trinajstić information content (AvgIpc) is 2.96. The lowest BCUT2D eigenvalue weighted by Crippen LogP contribution is -1.89. The third-order valence-electron chi connectivity index (χ3n) is 2.76. The highest BCUT2D eigenvalue weighted by molar-refractivity contribution is 7.17. The van der Waals surface area contributed by atoms with Crippen LogP contribution in [-0.4, -0.2) is 11.6 Å². The maximum atomic E-state index is 5.99. The van der Waals surface area contributed by atoms with Crippen LogP contribution in [0.15, 0.2) is 48.9 Å². The van der Waals surface area contributed by atoms with Gasteiger partial charge in [-0.1, -0.05) is 24.2 Å². The second kappa shape index (κ2) is 4.59. The first-order valence-electron chi connectivity index (χ1n) is 5.48. The number of allylic oxidation sites excluding steroid dienone is 1. The minimum Gasteiger partial charge on any atom is -0.489 e. The quantitative estimate of drug-likeness (QED) is 0.817. The molecule has 90 valence electrons. The Morgan fingerprint density at radius 1 is 1.28 bits per heavy atom.